The van der Waals surface area contributed by atoms with E-state index in [0.29, 0.717) is 5.17 Å². The maximum Gasteiger partial charge on any atom is 0.103 e. The van der Waals surface area contributed by atoms with Gasteiger partial charge in [-0.05, 0) is 31.9 Å². The van der Waals surface area contributed by atoms with E-state index in [1.54, 1.807) is 6.92 Å². The summed E-state index contributed by atoms with van der Waals surface area (Å²) >= 11 is 5.80. The second-order valence-electron chi connectivity index (χ2n) is 3.42. The van der Waals surface area contributed by atoms with Crippen LogP contribution < -0.4 is 0 Å². The molecule has 1 aromatic rings. The van der Waals surface area contributed by atoms with Crippen LogP contribution in [0.5, 0.6) is 0 Å². The molecule has 17 heavy (non-hydrogen) atoms. The fraction of sp³-hybridized carbons (Fsp3) is 0.400. The molecule has 0 aliphatic carbocycles. The van der Waals surface area contributed by atoms with Gasteiger partial charge in [0.25, 0.3) is 0 Å². The molecule has 0 fully saturated rings. The summed E-state index contributed by atoms with van der Waals surface area (Å²) in [6, 6.07) is 8.04. The van der Waals surface area contributed by atoms with Crippen LogP contribution in [0.25, 0.3) is 5.57 Å². The SMILES string of the molecule is CC.CC/C=C(\C)c1ccccc1N=C(C)Cl. The lowest BCUT2D eigenvalue weighted by Crippen LogP contribution is -1.83. The van der Waals surface area contributed by atoms with E-state index in [-0.39, 0.29) is 0 Å². The first-order valence-corrected chi connectivity index (χ1v) is 6.50. The molecule has 0 atom stereocenters. The van der Waals surface area contributed by atoms with Gasteiger partial charge in [0, 0.05) is 5.56 Å². The van der Waals surface area contributed by atoms with Gasteiger partial charge in [-0.2, -0.15) is 0 Å². The molecule has 0 heterocycles. The maximum atomic E-state index is 5.80. The van der Waals surface area contributed by atoms with Gasteiger partial charge in [0.2, 0.25) is 0 Å². The number of para-hydroxylation sites is 1. The number of hydrogen-bond acceptors (Lipinski definition) is 1. The minimum Gasteiger partial charge on any atom is -0.241 e. The van der Waals surface area contributed by atoms with Crippen LogP contribution in [0.4, 0.5) is 5.69 Å². The zero-order chi connectivity index (χ0) is 13.3. The number of rotatable bonds is 3. The van der Waals surface area contributed by atoms with Crippen molar-refractivity contribution in [2.75, 3.05) is 0 Å². The minimum absolute atomic E-state index is 0.562. The summed E-state index contributed by atoms with van der Waals surface area (Å²) in [7, 11) is 0. The Morgan fingerprint density at radius 1 is 1.24 bits per heavy atom. The van der Waals surface area contributed by atoms with E-state index < -0.39 is 0 Å². The molecule has 0 unspecified atom stereocenters. The van der Waals surface area contributed by atoms with Gasteiger partial charge >= 0.3 is 0 Å². The maximum absolute atomic E-state index is 5.80. The van der Waals surface area contributed by atoms with Gasteiger partial charge < -0.3 is 0 Å². The molecule has 0 bridgehead atoms. The highest BCUT2D eigenvalue weighted by Gasteiger charge is 2.01. The molecule has 0 spiro atoms. The van der Waals surface area contributed by atoms with Gasteiger partial charge in [-0.3, -0.25) is 0 Å². The number of nitrogens with zero attached hydrogens (tertiary/aromatic N) is 1. The number of halogens is 1. The largest absolute Gasteiger partial charge is 0.241 e. The Morgan fingerprint density at radius 3 is 2.35 bits per heavy atom. The zero-order valence-corrected chi connectivity index (χ0v) is 12.2. The number of aliphatic imine (C=N–C) groups is 1. The Labute approximate surface area is 110 Å². The van der Waals surface area contributed by atoms with E-state index >= 15 is 0 Å². The molecule has 0 aliphatic heterocycles. The van der Waals surface area contributed by atoms with Crippen LogP contribution in [0.15, 0.2) is 35.3 Å². The molecule has 0 radical (unpaired) electrons. The predicted molar refractivity (Wildman–Crippen MR) is 80.4 cm³/mol. The second-order valence-corrected chi connectivity index (χ2v) is 3.97. The highest BCUT2D eigenvalue weighted by Crippen LogP contribution is 2.26. The van der Waals surface area contributed by atoms with Gasteiger partial charge in [-0.15, -0.1) is 0 Å². The molecule has 1 nitrogen and oxygen atoms in total. The van der Waals surface area contributed by atoms with Crippen LogP contribution >= 0.6 is 11.6 Å². The van der Waals surface area contributed by atoms with E-state index in [1.165, 1.54) is 5.57 Å². The van der Waals surface area contributed by atoms with E-state index in [4.69, 9.17) is 11.6 Å². The first-order valence-electron chi connectivity index (χ1n) is 6.12. The fourth-order valence-electron chi connectivity index (χ4n) is 1.49. The summed E-state index contributed by atoms with van der Waals surface area (Å²) < 4.78 is 0. The number of benzene rings is 1. The Kier molecular flexibility index (Phi) is 8.43. The average Bonchev–Trinajstić information content (AvgIpc) is 2.32. The van der Waals surface area contributed by atoms with Gasteiger partial charge in [0.15, 0.2) is 0 Å². The Bertz CT molecular complexity index is 388. The third-order valence-electron chi connectivity index (χ3n) is 2.11. The Balaban J connectivity index is 0.00000121. The molecule has 0 aliphatic rings. The molecule has 2 heteroatoms. The number of hydrogen-bond donors (Lipinski definition) is 0. The standard InChI is InChI=1S/C13H16ClN.C2H6/c1-4-7-10(2)12-8-5-6-9-13(12)15-11(3)14;1-2/h5-9H,4H2,1-3H3;1-2H3/b10-7+,15-11?;. The summed E-state index contributed by atoms with van der Waals surface area (Å²) in [5.74, 6) is 0. The van der Waals surface area contributed by atoms with Crippen molar-refractivity contribution in [2.24, 2.45) is 4.99 Å². The van der Waals surface area contributed by atoms with Crippen molar-refractivity contribution >= 4 is 28.0 Å². The van der Waals surface area contributed by atoms with Crippen molar-refractivity contribution in [2.45, 2.75) is 41.0 Å². The second kappa shape index (κ2) is 9.00. The van der Waals surface area contributed by atoms with Gasteiger partial charge in [-0.25, -0.2) is 4.99 Å². The van der Waals surface area contributed by atoms with E-state index in [2.05, 4.69) is 31.0 Å². The zero-order valence-electron chi connectivity index (χ0n) is 11.4. The lowest BCUT2D eigenvalue weighted by Gasteiger charge is -2.05. The fourth-order valence-corrected chi connectivity index (χ4v) is 1.58. The van der Waals surface area contributed by atoms with E-state index in [9.17, 15) is 0 Å². The van der Waals surface area contributed by atoms with Crippen LogP contribution in [0.1, 0.15) is 46.6 Å². The van der Waals surface area contributed by atoms with Gasteiger partial charge in [0.1, 0.15) is 5.17 Å². The van der Waals surface area contributed by atoms with Crippen LogP contribution in [-0.2, 0) is 0 Å². The molecular formula is C15H22ClN. The van der Waals surface area contributed by atoms with Crippen molar-refractivity contribution in [3.63, 3.8) is 0 Å². The predicted octanol–water partition coefficient (Wildman–Crippen LogP) is 5.81. The van der Waals surface area contributed by atoms with E-state index in [0.717, 1.165) is 17.7 Å². The third-order valence-corrected chi connectivity index (χ3v) is 2.20. The topological polar surface area (TPSA) is 12.4 Å². The molecular weight excluding hydrogens is 230 g/mol. The first kappa shape index (κ1) is 15.9. The first-order chi connectivity index (χ1) is 8.15. The van der Waals surface area contributed by atoms with Crippen molar-refractivity contribution in [3.05, 3.63) is 35.9 Å². The highest BCUT2D eigenvalue weighted by molar-refractivity contribution is 6.65. The van der Waals surface area contributed by atoms with Crippen molar-refractivity contribution in [1.82, 2.24) is 0 Å². The Hall–Kier alpha value is -1.08. The van der Waals surface area contributed by atoms with Crippen molar-refractivity contribution < 1.29 is 0 Å². The molecule has 0 N–H and O–H groups in total. The molecule has 0 saturated heterocycles. The van der Waals surface area contributed by atoms with Crippen LogP contribution in [0.2, 0.25) is 0 Å². The van der Waals surface area contributed by atoms with Crippen LogP contribution in [0.3, 0.4) is 0 Å². The number of allylic oxidation sites excluding steroid dienone is 2. The molecule has 0 saturated carbocycles. The average molecular weight is 252 g/mol. The molecule has 1 aromatic carbocycles. The molecule has 0 amide bonds. The third kappa shape index (κ3) is 5.69. The lowest BCUT2D eigenvalue weighted by atomic mass is 10.0. The van der Waals surface area contributed by atoms with E-state index in [1.807, 2.05) is 32.0 Å². The van der Waals surface area contributed by atoms with Gasteiger partial charge in [-0.1, -0.05) is 56.6 Å². The van der Waals surface area contributed by atoms with Crippen molar-refractivity contribution in [1.29, 1.82) is 0 Å². The normalized spacial score (nSPS) is 11.9. The van der Waals surface area contributed by atoms with Gasteiger partial charge in [0.05, 0.1) is 5.69 Å². The summed E-state index contributed by atoms with van der Waals surface area (Å²) in [5, 5.41) is 0.562. The van der Waals surface area contributed by atoms with Crippen LogP contribution in [-0.4, -0.2) is 5.17 Å². The molecule has 1 rings (SSSR count). The minimum atomic E-state index is 0.562. The molecule has 94 valence electrons. The highest BCUT2D eigenvalue weighted by atomic mass is 35.5. The summed E-state index contributed by atoms with van der Waals surface area (Å²) in [5.41, 5.74) is 3.33. The molecule has 0 aromatic heterocycles. The summed E-state index contributed by atoms with van der Waals surface area (Å²) in [6.07, 6.45) is 3.22. The monoisotopic (exact) mass is 251 g/mol. The van der Waals surface area contributed by atoms with Crippen LogP contribution in [0, 0.1) is 0 Å². The summed E-state index contributed by atoms with van der Waals surface area (Å²) in [4.78, 5) is 4.30. The lowest BCUT2D eigenvalue weighted by molar-refractivity contribution is 1.22. The van der Waals surface area contributed by atoms with Crippen molar-refractivity contribution in [3.8, 4) is 0 Å². The smallest absolute Gasteiger partial charge is 0.103 e. The Morgan fingerprint density at radius 2 is 1.82 bits per heavy atom. The quantitative estimate of drug-likeness (QED) is 0.601. The summed E-state index contributed by atoms with van der Waals surface area (Å²) in [6.45, 7) is 10.0.